The molecule has 0 radical (unpaired) electrons. The van der Waals surface area contributed by atoms with E-state index in [1.54, 1.807) is 0 Å². The first-order valence-electron chi connectivity index (χ1n) is 4.18. The average molecular weight is 154 g/mol. The lowest BCUT2D eigenvalue weighted by atomic mass is 9.94. The van der Waals surface area contributed by atoms with Crippen molar-refractivity contribution in [1.82, 2.24) is 0 Å². The maximum absolute atomic E-state index is 10.6. The summed E-state index contributed by atoms with van der Waals surface area (Å²) >= 11 is 0. The molecule has 1 N–H and O–H groups in total. The Bertz CT molecular complexity index is 161. The Labute approximate surface area is 66.9 Å². The molecule has 1 aliphatic carbocycles. The van der Waals surface area contributed by atoms with Gasteiger partial charge in [0.15, 0.2) is 0 Å². The molecule has 0 aliphatic heterocycles. The van der Waals surface area contributed by atoms with Gasteiger partial charge in [-0.25, -0.2) is 0 Å². The van der Waals surface area contributed by atoms with Gasteiger partial charge in [0, 0.05) is 0 Å². The lowest BCUT2D eigenvalue weighted by Crippen LogP contribution is -2.13. The highest BCUT2D eigenvalue weighted by atomic mass is 16.4. The second-order valence-electron chi connectivity index (χ2n) is 3.01. The van der Waals surface area contributed by atoms with E-state index in [0.29, 0.717) is 0 Å². The van der Waals surface area contributed by atoms with Crippen molar-refractivity contribution in [3.05, 3.63) is 12.2 Å². The van der Waals surface area contributed by atoms with Crippen molar-refractivity contribution in [2.75, 3.05) is 0 Å². The molecule has 2 nitrogen and oxygen atoms in total. The Morgan fingerprint density at radius 3 is 2.73 bits per heavy atom. The zero-order valence-corrected chi connectivity index (χ0v) is 6.62. The summed E-state index contributed by atoms with van der Waals surface area (Å²) in [6, 6.07) is 0. The third kappa shape index (κ3) is 2.74. The summed E-state index contributed by atoms with van der Waals surface area (Å²) in [7, 11) is 0. The van der Waals surface area contributed by atoms with Crippen LogP contribution in [0.5, 0.6) is 0 Å². The largest absolute Gasteiger partial charge is 0.481 e. The zero-order valence-electron chi connectivity index (χ0n) is 6.62. The Morgan fingerprint density at radius 2 is 2.00 bits per heavy atom. The number of carboxylic acid groups (broad SMARTS) is 1. The zero-order chi connectivity index (χ0) is 8.10. The summed E-state index contributed by atoms with van der Waals surface area (Å²) in [6.45, 7) is 0. The predicted molar refractivity (Wildman–Crippen MR) is 43.4 cm³/mol. The fraction of sp³-hybridized carbons (Fsp3) is 0.667. The van der Waals surface area contributed by atoms with E-state index in [0.717, 1.165) is 32.1 Å². The van der Waals surface area contributed by atoms with Crippen LogP contribution in [0.15, 0.2) is 12.2 Å². The van der Waals surface area contributed by atoms with Gasteiger partial charge in [-0.2, -0.15) is 0 Å². The molecule has 0 saturated carbocycles. The van der Waals surface area contributed by atoms with Gasteiger partial charge in [0.25, 0.3) is 0 Å². The van der Waals surface area contributed by atoms with Crippen LogP contribution in [0.4, 0.5) is 0 Å². The van der Waals surface area contributed by atoms with E-state index in [2.05, 4.69) is 12.2 Å². The molecule has 11 heavy (non-hydrogen) atoms. The molecule has 62 valence electrons. The van der Waals surface area contributed by atoms with Crippen molar-refractivity contribution in [3.63, 3.8) is 0 Å². The number of carbonyl (C=O) groups is 1. The van der Waals surface area contributed by atoms with E-state index >= 15 is 0 Å². The lowest BCUT2D eigenvalue weighted by Gasteiger charge is -2.11. The third-order valence-corrected chi connectivity index (χ3v) is 2.12. The molecule has 2 heteroatoms. The van der Waals surface area contributed by atoms with Crippen LogP contribution < -0.4 is 0 Å². The Balaban J connectivity index is 2.42. The molecular formula is C9H14O2. The standard InChI is InChI=1S/C9H14O2/c10-9(11)8-6-4-2-1-3-5-7-8/h1-2,8H,3-7H2,(H,10,11)/b2-1-. The van der Waals surface area contributed by atoms with Gasteiger partial charge in [-0.1, -0.05) is 12.2 Å². The summed E-state index contributed by atoms with van der Waals surface area (Å²) in [5.74, 6) is -0.722. The number of carboxylic acids is 1. The van der Waals surface area contributed by atoms with Crippen LogP contribution in [0.2, 0.25) is 0 Å². The van der Waals surface area contributed by atoms with Gasteiger partial charge in [0.1, 0.15) is 0 Å². The SMILES string of the molecule is O=C(O)C1CC/C=C\CCC1. The molecule has 0 spiro atoms. The van der Waals surface area contributed by atoms with Crippen molar-refractivity contribution in [1.29, 1.82) is 0 Å². The normalized spacial score (nSPS) is 28.5. The number of hydrogen-bond donors (Lipinski definition) is 1. The summed E-state index contributed by atoms with van der Waals surface area (Å²) in [5, 5.41) is 8.73. The number of rotatable bonds is 1. The first kappa shape index (κ1) is 8.31. The van der Waals surface area contributed by atoms with Crippen molar-refractivity contribution < 1.29 is 9.90 Å². The van der Waals surface area contributed by atoms with Crippen LogP contribution in [-0.4, -0.2) is 11.1 Å². The quantitative estimate of drug-likeness (QED) is 0.588. The first-order valence-corrected chi connectivity index (χ1v) is 4.18. The van der Waals surface area contributed by atoms with Gasteiger partial charge in [-0.3, -0.25) is 4.79 Å². The Morgan fingerprint density at radius 1 is 1.27 bits per heavy atom. The van der Waals surface area contributed by atoms with Crippen molar-refractivity contribution in [2.24, 2.45) is 5.92 Å². The summed E-state index contributed by atoms with van der Waals surface area (Å²) in [4.78, 5) is 10.6. The Kier molecular flexibility index (Phi) is 3.14. The fourth-order valence-electron chi connectivity index (χ4n) is 1.41. The van der Waals surface area contributed by atoms with E-state index in [4.69, 9.17) is 5.11 Å². The molecule has 0 aromatic rings. The van der Waals surface area contributed by atoms with Crippen LogP contribution in [0.25, 0.3) is 0 Å². The van der Waals surface area contributed by atoms with Crippen LogP contribution >= 0.6 is 0 Å². The minimum atomic E-state index is -0.625. The molecule has 0 fully saturated rings. The molecule has 1 rings (SSSR count). The third-order valence-electron chi connectivity index (χ3n) is 2.12. The molecule has 1 unspecified atom stereocenters. The maximum Gasteiger partial charge on any atom is 0.306 e. The molecule has 0 aromatic carbocycles. The topological polar surface area (TPSA) is 37.3 Å². The number of aliphatic carboxylic acids is 1. The first-order chi connectivity index (χ1) is 5.30. The average Bonchev–Trinajstić information content (AvgIpc) is 1.84. The molecule has 1 aliphatic rings. The van der Waals surface area contributed by atoms with Gasteiger partial charge in [-0.05, 0) is 32.1 Å². The second kappa shape index (κ2) is 4.16. The van der Waals surface area contributed by atoms with E-state index in [1.807, 2.05) is 0 Å². The van der Waals surface area contributed by atoms with Crippen LogP contribution in [0.1, 0.15) is 32.1 Å². The van der Waals surface area contributed by atoms with Crippen molar-refractivity contribution in [3.8, 4) is 0 Å². The minimum absolute atomic E-state index is 0.0973. The van der Waals surface area contributed by atoms with E-state index in [9.17, 15) is 4.79 Å². The van der Waals surface area contributed by atoms with Gasteiger partial charge < -0.3 is 5.11 Å². The lowest BCUT2D eigenvalue weighted by molar-refractivity contribution is -0.142. The summed E-state index contributed by atoms with van der Waals surface area (Å²) < 4.78 is 0. The second-order valence-corrected chi connectivity index (χ2v) is 3.01. The summed E-state index contributed by atoms with van der Waals surface area (Å²) in [6.07, 6.45) is 8.90. The van der Waals surface area contributed by atoms with E-state index in [1.165, 1.54) is 0 Å². The molecular weight excluding hydrogens is 140 g/mol. The molecule has 0 heterocycles. The van der Waals surface area contributed by atoms with Gasteiger partial charge >= 0.3 is 5.97 Å². The highest BCUT2D eigenvalue weighted by Crippen LogP contribution is 2.18. The minimum Gasteiger partial charge on any atom is -0.481 e. The highest BCUT2D eigenvalue weighted by molar-refractivity contribution is 5.69. The van der Waals surface area contributed by atoms with E-state index < -0.39 is 5.97 Å². The maximum atomic E-state index is 10.6. The monoisotopic (exact) mass is 154 g/mol. The van der Waals surface area contributed by atoms with E-state index in [-0.39, 0.29) is 5.92 Å². The smallest absolute Gasteiger partial charge is 0.306 e. The summed E-state index contributed by atoms with van der Waals surface area (Å²) in [5.41, 5.74) is 0. The molecule has 0 saturated heterocycles. The molecule has 0 bridgehead atoms. The van der Waals surface area contributed by atoms with Crippen molar-refractivity contribution >= 4 is 5.97 Å². The van der Waals surface area contributed by atoms with Gasteiger partial charge in [0.2, 0.25) is 0 Å². The molecule has 0 aromatic heterocycles. The van der Waals surface area contributed by atoms with Crippen LogP contribution in [-0.2, 0) is 4.79 Å². The van der Waals surface area contributed by atoms with Gasteiger partial charge in [0.05, 0.1) is 5.92 Å². The highest BCUT2D eigenvalue weighted by Gasteiger charge is 2.16. The van der Waals surface area contributed by atoms with Crippen molar-refractivity contribution in [2.45, 2.75) is 32.1 Å². The van der Waals surface area contributed by atoms with Crippen LogP contribution in [0.3, 0.4) is 0 Å². The fourth-order valence-corrected chi connectivity index (χ4v) is 1.41. The number of hydrogen-bond acceptors (Lipinski definition) is 1. The molecule has 0 amide bonds. The molecule has 1 atom stereocenters. The van der Waals surface area contributed by atoms with Crippen LogP contribution in [0, 0.1) is 5.92 Å². The number of allylic oxidation sites excluding steroid dienone is 2. The Hall–Kier alpha value is -0.790. The van der Waals surface area contributed by atoms with Gasteiger partial charge in [-0.15, -0.1) is 0 Å². The predicted octanol–water partition coefficient (Wildman–Crippen LogP) is 2.21.